The summed E-state index contributed by atoms with van der Waals surface area (Å²) in [6.45, 7) is 0. The molecule has 1 aromatic carbocycles. The van der Waals surface area contributed by atoms with Gasteiger partial charge >= 0.3 is 0 Å². The summed E-state index contributed by atoms with van der Waals surface area (Å²) in [7, 11) is 0. The van der Waals surface area contributed by atoms with Crippen LogP contribution in [0.5, 0.6) is 0 Å². The highest BCUT2D eigenvalue weighted by atomic mass is 32.1. The second-order valence-electron chi connectivity index (χ2n) is 4.60. The van der Waals surface area contributed by atoms with E-state index in [1.807, 2.05) is 42.6 Å². The number of rotatable bonds is 1. The minimum Gasteiger partial charge on any atom is -0.384 e. The monoisotopic (exact) mass is 265 g/mol. The van der Waals surface area contributed by atoms with Gasteiger partial charge in [0.25, 0.3) is 0 Å². The van der Waals surface area contributed by atoms with Crippen molar-refractivity contribution in [1.82, 2.24) is 4.98 Å². The highest BCUT2D eigenvalue weighted by molar-refractivity contribution is 7.17. The first-order chi connectivity index (χ1) is 9.34. The number of thiophene rings is 1. The van der Waals surface area contributed by atoms with Crippen molar-refractivity contribution < 1.29 is 5.11 Å². The standard InChI is InChI=1S/C16H11NOS/c18-14-9-13(10-3-1-2-4-11(10)14)16-12-6-8-19-15(12)5-7-17-16/h1-9,14,18H. The average Bonchev–Trinajstić information content (AvgIpc) is 3.04. The lowest BCUT2D eigenvalue weighted by molar-refractivity contribution is 0.232. The largest absolute Gasteiger partial charge is 0.384 e. The molecule has 3 heteroatoms. The summed E-state index contributed by atoms with van der Waals surface area (Å²) in [5.41, 5.74) is 4.04. The maximum atomic E-state index is 10.1. The third-order valence-corrected chi connectivity index (χ3v) is 4.41. The summed E-state index contributed by atoms with van der Waals surface area (Å²) in [4.78, 5) is 4.52. The molecule has 19 heavy (non-hydrogen) atoms. The van der Waals surface area contributed by atoms with Crippen molar-refractivity contribution in [3.05, 3.63) is 70.9 Å². The maximum absolute atomic E-state index is 10.1. The molecule has 1 aliphatic rings. The van der Waals surface area contributed by atoms with E-state index in [4.69, 9.17) is 0 Å². The first kappa shape index (κ1) is 10.9. The van der Waals surface area contributed by atoms with Crippen LogP contribution < -0.4 is 0 Å². The predicted octanol–water partition coefficient (Wildman–Crippen LogP) is 3.78. The van der Waals surface area contributed by atoms with Crippen molar-refractivity contribution in [3.8, 4) is 0 Å². The lowest BCUT2D eigenvalue weighted by atomic mass is 10.0. The minimum atomic E-state index is -0.526. The number of nitrogens with zero attached hydrogens (tertiary/aromatic N) is 1. The summed E-state index contributed by atoms with van der Waals surface area (Å²) in [6.07, 6.45) is 3.20. The zero-order valence-corrected chi connectivity index (χ0v) is 10.9. The van der Waals surface area contributed by atoms with Crippen LogP contribution in [0.2, 0.25) is 0 Å². The summed E-state index contributed by atoms with van der Waals surface area (Å²) in [5, 5.41) is 13.4. The Hall–Kier alpha value is -1.97. The fourth-order valence-electron chi connectivity index (χ4n) is 2.65. The quantitative estimate of drug-likeness (QED) is 0.726. The molecule has 1 unspecified atom stereocenters. The van der Waals surface area contributed by atoms with Crippen LogP contribution in [0.4, 0.5) is 0 Å². The van der Waals surface area contributed by atoms with Crippen LogP contribution in [-0.4, -0.2) is 10.1 Å². The molecule has 0 radical (unpaired) electrons. The van der Waals surface area contributed by atoms with E-state index in [0.29, 0.717) is 0 Å². The van der Waals surface area contributed by atoms with E-state index in [1.165, 1.54) is 4.70 Å². The summed E-state index contributed by atoms with van der Waals surface area (Å²) < 4.78 is 1.23. The number of hydrogen-bond donors (Lipinski definition) is 1. The van der Waals surface area contributed by atoms with E-state index in [0.717, 1.165) is 27.8 Å². The topological polar surface area (TPSA) is 33.1 Å². The molecule has 0 saturated carbocycles. The molecule has 0 bridgehead atoms. The Morgan fingerprint density at radius 1 is 1.11 bits per heavy atom. The van der Waals surface area contributed by atoms with Gasteiger partial charge in [-0.15, -0.1) is 11.3 Å². The Balaban J connectivity index is 1.99. The normalized spacial score (nSPS) is 17.5. The third kappa shape index (κ3) is 1.56. The molecule has 92 valence electrons. The van der Waals surface area contributed by atoms with Gasteiger partial charge in [-0.1, -0.05) is 24.3 Å². The maximum Gasteiger partial charge on any atom is 0.0987 e. The van der Waals surface area contributed by atoms with E-state index < -0.39 is 6.10 Å². The Morgan fingerprint density at radius 3 is 2.95 bits per heavy atom. The number of benzene rings is 1. The van der Waals surface area contributed by atoms with Gasteiger partial charge in [-0.3, -0.25) is 4.98 Å². The van der Waals surface area contributed by atoms with Gasteiger partial charge in [0, 0.05) is 21.9 Å². The SMILES string of the molecule is OC1C=C(c2nccc3sccc23)c2ccccc21. The summed E-state index contributed by atoms with van der Waals surface area (Å²) >= 11 is 1.71. The smallest absolute Gasteiger partial charge is 0.0987 e. The van der Waals surface area contributed by atoms with Gasteiger partial charge in [0.2, 0.25) is 0 Å². The molecule has 2 heterocycles. The van der Waals surface area contributed by atoms with Crippen molar-refractivity contribution in [1.29, 1.82) is 0 Å². The Labute approximate surface area is 114 Å². The molecule has 2 aromatic heterocycles. The molecule has 1 N–H and O–H groups in total. The lowest BCUT2D eigenvalue weighted by Crippen LogP contribution is -1.91. The van der Waals surface area contributed by atoms with Gasteiger partial charge in [-0.2, -0.15) is 0 Å². The molecular formula is C16H11NOS. The second kappa shape index (κ2) is 4.02. The van der Waals surface area contributed by atoms with Gasteiger partial charge < -0.3 is 5.11 Å². The van der Waals surface area contributed by atoms with Gasteiger partial charge in [-0.25, -0.2) is 0 Å². The van der Waals surface area contributed by atoms with E-state index in [1.54, 1.807) is 11.3 Å². The molecule has 0 saturated heterocycles. The fourth-order valence-corrected chi connectivity index (χ4v) is 3.44. The number of fused-ring (bicyclic) bond motifs is 2. The average molecular weight is 265 g/mol. The zero-order valence-electron chi connectivity index (χ0n) is 10.1. The molecule has 1 aliphatic carbocycles. The van der Waals surface area contributed by atoms with Crippen molar-refractivity contribution >= 4 is 27.0 Å². The highest BCUT2D eigenvalue weighted by Gasteiger charge is 2.23. The van der Waals surface area contributed by atoms with Crippen LogP contribution in [-0.2, 0) is 0 Å². The van der Waals surface area contributed by atoms with Gasteiger partial charge in [0.1, 0.15) is 0 Å². The molecule has 1 atom stereocenters. The minimum absolute atomic E-state index is 0.526. The van der Waals surface area contributed by atoms with Gasteiger partial charge in [0.15, 0.2) is 0 Å². The molecule has 3 aromatic rings. The lowest BCUT2D eigenvalue weighted by Gasteiger charge is -2.06. The van der Waals surface area contributed by atoms with Crippen LogP contribution in [0.25, 0.3) is 15.7 Å². The van der Waals surface area contributed by atoms with Gasteiger partial charge in [0.05, 0.1) is 11.8 Å². The zero-order chi connectivity index (χ0) is 12.8. The molecule has 0 aliphatic heterocycles. The van der Waals surface area contributed by atoms with E-state index in [-0.39, 0.29) is 0 Å². The van der Waals surface area contributed by atoms with E-state index >= 15 is 0 Å². The van der Waals surface area contributed by atoms with Gasteiger partial charge in [-0.05, 0) is 34.7 Å². The van der Waals surface area contributed by atoms with Crippen molar-refractivity contribution in [2.75, 3.05) is 0 Å². The highest BCUT2D eigenvalue weighted by Crippen LogP contribution is 2.40. The second-order valence-corrected chi connectivity index (χ2v) is 5.55. The van der Waals surface area contributed by atoms with E-state index in [9.17, 15) is 5.11 Å². The molecular weight excluding hydrogens is 254 g/mol. The van der Waals surface area contributed by atoms with E-state index in [2.05, 4.69) is 16.4 Å². The first-order valence-electron chi connectivity index (χ1n) is 6.16. The Kier molecular flexibility index (Phi) is 2.31. The Morgan fingerprint density at radius 2 is 2.00 bits per heavy atom. The van der Waals surface area contributed by atoms with Crippen molar-refractivity contribution in [2.45, 2.75) is 6.10 Å². The van der Waals surface area contributed by atoms with Crippen LogP contribution >= 0.6 is 11.3 Å². The van der Waals surface area contributed by atoms with Crippen LogP contribution in [0.15, 0.2) is 54.1 Å². The molecule has 2 nitrogen and oxygen atoms in total. The molecule has 0 spiro atoms. The summed E-state index contributed by atoms with van der Waals surface area (Å²) in [6, 6.07) is 12.1. The Bertz CT molecular complexity index is 803. The number of hydrogen-bond acceptors (Lipinski definition) is 3. The number of pyridine rings is 1. The van der Waals surface area contributed by atoms with Crippen LogP contribution in [0.3, 0.4) is 0 Å². The number of aliphatic hydroxyl groups excluding tert-OH is 1. The third-order valence-electron chi connectivity index (χ3n) is 3.53. The molecule has 0 amide bonds. The predicted molar refractivity (Wildman–Crippen MR) is 78.1 cm³/mol. The van der Waals surface area contributed by atoms with Crippen molar-refractivity contribution in [3.63, 3.8) is 0 Å². The first-order valence-corrected chi connectivity index (χ1v) is 7.04. The molecule has 4 rings (SSSR count). The molecule has 0 fully saturated rings. The number of aliphatic hydroxyl groups is 1. The van der Waals surface area contributed by atoms with Crippen LogP contribution in [0.1, 0.15) is 22.9 Å². The number of aromatic nitrogens is 1. The summed E-state index contributed by atoms with van der Waals surface area (Å²) in [5.74, 6) is 0. The fraction of sp³-hybridized carbons (Fsp3) is 0.0625. The van der Waals surface area contributed by atoms with Crippen LogP contribution in [0, 0.1) is 0 Å². The van der Waals surface area contributed by atoms with Crippen molar-refractivity contribution in [2.24, 2.45) is 0 Å².